The molecule has 3 aromatic carbocycles. The van der Waals surface area contributed by atoms with E-state index in [4.69, 9.17) is 0 Å². The lowest BCUT2D eigenvalue weighted by molar-refractivity contribution is 0.559. The topological polar surface area (TPSA) is 29.1 Å². The molecule has 1 aliphatic carbocycles. The van der Waals surface area contributed by atoms with Crippen molar-refractivity contribution in [1.29, 1.82) is 0 Å². The van der Waals surface area contributed by atoms with Crippen molar-refractivity contribution in [3.8, 4) is 0 Å². The van der Waals surface area contributed by atoms with E-state index in [2.05, 4.69) is 29.4 Å². The first-order chi connectivity index (χ1) is 11.8. The van der Waals surface area contributed by atoms with E-state index in [1.807, 2.05) is 60.7 Å². The van der Waals surface area contributed by atoms with Crippen molar-refractivity contribution >= 4 is 17.9 Å². The lowest BCUT2D eigenvalue weighted by atomic mass is 10.1. The molecule has 1 atom stereocenters. The predicted octanol–water partition coefficient (Wildman–Crippen LogP) is 4.19. The molecule has 0 fully saturated rings. The first-order valence-corrected chi connectivity index (χ1v) is 10.0. The largest absolute Gasteiger partial charge is 0.297 e. The van der Waals surface area contributed by atoms with E-state index in [9.17, 15) is 4.57 Å². The summed E-state index contributed by atoms with van der Waals surface area (Å²) in [6.45, 7) is 0. The molecule has 0 spiro atoms. The fourth-order valence-corrected chi connectivity index (χ4v) is 5.97. The number of aryl methyl sites for hydroxylation is 1. The zero-order valence-electron chi connectivity index (χ0n) is 13.4. The number of benzene rings is 3. The highest BCUT2D eigenvalue weighted by molar-refractivity contribution is 7.76. The number of hydrogen-bond acceptors (Lipinski definition) is 1. The van der Waals surface area contributed by atoms with Crippen LogP contribution in [0.1, 0.15) is 23.6 Å². The van der Waals surface area contributed by atoms with Gasteiger partial charge in [0.2, 0.25) is 7.29 Å². The predicted molar refractivity (Wildman–Crippen MR) is 100 cm³/mol. The fourth-order valence-electron chi connectivity index (χ4n) is 3.48. The van der Waals surface area contributed by atoms with Gasteiger partial charge in [0.05, 0.1) is 0 Å². The maximum absolute atomic E-state index is 14.1. The highest BCUT2D eigenvalue weighted by atomic mass is 31.2. The molecule has 3 aromatic rings. The Kier molecular flexibility index (Phi) is 4.10. The molecule has 1 aliphatic rings. The summed E-state index contributed by atoms with van der Waals surface area (Å²) in [7, 11) is -2.88. The average Bonchev–Trinajstić information content (AvgIpc) is 3.06. The van der Waals surface area contributed by atoms with Crippen molar-refractivity contribution in [3.05, 3.63) is 96.1 Å². The molecule has 3 heteroatoms. The van der Waals surface area contributed by atoms with Crippen LogP contribution in [0.2, 0.25) is 0 Å². The van der Waals surface area contributed by atoms with Crippen LogP contribution < -0.4 is 15.7 Å². The van der Waals surface area contributed by atoms with Gasteiger partial charge in [-0.1, -0.05) is 60.7 Å². The van der Waals surface area contributed by atoms with Crippen LogP contribution in [0.4, 0.5) is 0 Å². The second kappa shape index (κ2) is 6.39. The maximum Gasteiger partial charge on any atom is 0.205 e. The molecule has 0 aliphatic heterocycles. The summed E-state index contributed by atoms with van der Waals surface area (Å²) < 4.78 is 14.1. The fraction of sp³-hybridized carbons (Fsp3) is 0.143. The van der Waals surface area contributed by atoms with Gasteiger partial charge in [-0.2, -0.15) is 0 Å². The van der Waals surface area contributed by atoms with Crippen molar-refractivity contribution in [2.75, 3.05) is 0 Å². The van der Waals surface area contributed by atoms with Crippen LogP contribution in [0.25, 0.3) is 0 Å². The second-order valence-electron chi connectivity index (χ2n) is 6.20. The molecule has 24 heavy (non-hydrogen) atoms. The molecule has 0 amide bonds. The van der Waals surface area contributed by atoms with Crippen LogP contribution in [-0.2, 0) is 11.0 Å². The van der Waals surface area contributed by atoms with Gasteiger partial charge in [0.25, 0.3) is 0 Å². The molecule has 0 unspecified atom stereocenters. The van der Waals surface area contributed by atoms with Gasteiger partial charge in [0.15, 0.2) is 0 Å². The lowest BCUT2D eigenvalue weighted by Crippen LogP contribution is -2.29. The van der Waals surface area contributed by atoms with Crippen LogP contribution in [-0.4, -0.2) is 0 Å². The Bertz CT molecular complexity index is 833. The van der Waals surface area contributed by atoms with Crippen molar-refractivity contribution in [2.45, 2.75) is 18.9 Å². The minimum atomic E-state index is -2.88. The quantitative estimate of drug-likeness (QED) is 0.725. The SMILES string of the molecule is O=P(N[C@@H]1CCc2ccccc21)(c1ccccc1)c1ccccc1. The van der Waals surface area contributed by atoms with Crippen molar-refractivity contribution in [3.63, 3.8) is 0 Å². The molecular formula is C21H20NOP. The molecule has 0 heterocycles. The van der Waals surface area contributed by atoms with Crippen LogP contribution in [0.15, 0.2) is 84.9 Å². The third-order valence-electron chi connectivity index (χ3n) is 4.71. The number of nitrogens with one attached hydrogen (secondary N) is 1. The molecule has 1 N–H and O–H groups in total. The summed E-state index contributed by atoms with van der Waals surface area (Å²) in [6, 6.07) is 28.2. The molecular weight excluding hydrogens is 313 g/mol. The van der Waals surface area contributed by atoms with Crippen molar-refractivity contribution < 1.29 is 4.57 Å². The Hall–Kier alpha value is -2.15. The van der Waals surface area contributed by atoms with Crippen LogP contribution in [0.3, 0.4) is 0 Å². The van der Waals surface area contributed by atoms with Gasteiger partial charge < -0.3 is 0 Å². The maximum atomic E-state index is 14.1. The van der Waals surface area contributed by atoms with Crippen molar-refractivity contribution in [2.24, 2.45) is 0 Å². The summed E-state index contributed by atoms with van der Waals surface area (Å²) in [5, 5.41) is 5.26. The van der Waals surface area contributed by atoms with E-state index in [0.717, 1.165) is 23.5 Å². The Balaban J connectivity index is 1.77. The Morgan fingerprint density at radius 2 is 1.29 bits per heavy atom. The Morgan fingerprint density at radius 3 is 1.92 bits per heavy atom. The zero-order chi connectivity index (χ0) is 16.4. The second-order valence-corrected chi connectivity index (χ2v) is 8.71. The smallest absolute Gasteiger partial charge is 0.205 e. The lowest BCUT2D eigenvalue weighted by Gasteiger charge is -2.25. The molecule has 0 saturated carbocycles. The third-order valence-corrected chi connectivity index (χ3v) is 7.44. The third kappa shape index (κ3) is 2.73. The summed E-state index contributed by atoms with van der Waals surface area (Å²) in [5.74, 6) is 0. The highest BCUT2D eigenvalue weighted by Crippen LogP contribution is 2.44. The van der Waals surface area contributed by atoms with Gasteiger partial charge in [-0.15, -0.1) is 0 Å². The van der Waals surface area contributed by atoms with Gasteiger partial charge in [-0.05, 0) is 48.2 Å². The molecule has 4 rings (SSSR count). The number of rotatable bonds is 4. The van der Waals surface area contributed by atoms with Crippen LogP contribution in [0, 0.1) is 0 Å². The molecule has 0 bridgehead atoms. The number of fused-ring (bicyclic) bond motifs is 1. The molecule has 120 valence electrons. The minimum absolute atomic E-state index is 0.132. The van der Waals surface area contributed by atoms with Gasteiger partial charge in [0.1, 0.15) is 0 Å². The molecule has 0 saturated heterocycles. The average molecular weight is 333 g/mol. The molecule has 0 radical (unpaired) electrons. The number of hydrogen-bond donors (Lipinski definition) is 1. The van der Waals surface area contributed by atoms with Gasteiger partial charge >= 0.3 is 0 Å². The van der Waals surface area contributed by atoms with Gasteiger partial charge in [-0.25, -0.2) is 0 Å². The highest BCUT2D eigenvalue weighted by Gasteiger charge is 2.33. The van der Waals surface area contributed by atoms with E-state index in [0.29, 0.717) is 0 Å². The monoisotopic (exact) mass is 333 g/mol. The minimum Gasteiger partial charge on any atom is -0.297 e. The first-order valence-electron chi connectivity index (χ1n) is 8.34. The normalized spacial score (nSPS) is 16.8. The van der Waals surface area contributed by atoms with Crippen molar-refractivity contribution in [1.82, 2.24) is 5.09 Å². The summed E-state index contributed by atoms with van der Waals surface area (Å²) in [4.78, 5) is 0. The van der Waals surface area contributed by atoms with Gasteiger partial charge in [-0.3, -0.25) is 9.65 Å². The molecule has 0 aromatic heterocycles. The zero-order valence-corrected chi connectivity index (χ0v) is 14.3. The molecule has 2 nitrogen and oxygen atoms in total. The van der Waals surface area contributed by atoms with E-state index >= 15 is 0 Å². The summed E-state index contributed by atoms with van der Waals surface area (Å²) in [5.41, 5.74) is 2.65. The summed E-state index contributed by atoms with van der Waals surface area (Å²) in [6.07, 6.45) is 2.03. The van der Waals surface area contributed by atoms with Gasteiger partial charge in [0, 0.05) is 16.7 Å². The van der Waals surface area contributed by atoms with E-state index in [1.165, 1.54) is 11.1 Å². The van der Waals surface area contributed by atoms with E-state index in [1.54, 1.807) is 0 Å². The van der Waals surface area contributed by atoms with Crippen LogP contribution in [0.5, 0.6) is 0 Å². The summed E-state index contributed by atoms with van der Waals surface area (Å²) >= 11 is 0. The Labute approximate surface area is 143 Å². The first kappa shape index (κ1) is 15.4. The van der Waals surface area contributed by atoms with Crippen LogP contribution >= 0.6 is 7.29 Å². The van der Waals surface area contributed by atoms with E-state index in [-0.39, 0.29) is 6.04 Å². The van der Waals surface area contributed by atoms with E-state index < -0.39 is 7.29 Å². The standard InChI is InChI=1S/C21H20NOP/c23-24(18-10-3-1-4-11-18,19-12-5-2-6-13-19)22-21-16-15-17-9-7-8-14-20(17)21/h1-14,21H,15-16H2,(H,22,23)/t21-/m1/s1. The Morgan fingerprint density at radius 1 is 0.750 bits per heavy atom.